The molecule has 9 heteroatoms. The van der Waals surface area contributed by atoms with Gasteiger partial charge in [-0.25, -0.2) is 14.3 Å². The topological polar surface area (TPSA) is 98.8 Å². The normalized spacial score (nSPS) is 11.1. The zero-order valence-corrected chi connectivity index (χ0v) is 19.6. The Balaban J connectivity index is 1.84. The second-order valence-electron chi connectivity index (χ2n) is 8.98. The van der Waals surface area contributed by atoms with Crippen LogP contribution in [-0.2, 0) is 12.8 Å². The van der Waals surface area contributed by atoms with E-state index in [2.05, 4.69) is 76.0 Å². The molecule has 0 saturated heterocycles. The fraction of sp³-hybridized carbons (Fsp3) is 0.417. The summed E-state index contributed by atoms with van der Waals surface area (Å²) in [5.41, 5.74) is 3.27. The second-order valence-corrected chi connectivity index (χ2v) is 8.98. The number of aromatic nitrogens is 4. The Kier molecular flexibility index (Phi) is 8.34. The SMILES string of the molecule is CC(C)CN(CC(C)C)c1ccc(CCc2nnn[nH]2)cc1NC(=O)Nc1ccc(F)cc1. The number of aryl methyl sites for hydroxylation is 2. The van der Waals surface area contributed by atoms with E-state index in [1.165, 1.54) is 24.3 Å². The molecule has 3 rings (SSSR count). The molecule has 0 aliphatic rings. The molecule has 1 heterocycles. The molecule has 0 bridgehead atoms. The van der Waals surface area contributed by atoms with Crippen LogP contribution in [0.3, 0.4) is 0 Å². The van der Waals surface area contributed by atoms with Gasteiger partial charge in [0.15, 0.2) is 0 Å². The Hall–Kier alpha value is -3.49. The van der Waals surface area contributed by atoms with Crippen LogP contribution in [0, 0.1) is 17.7 Å². The standard InChI is InChI=1S/C24H32FN7O/c1-16(2)14-32(15-17(3)4)22-11-5-18(6-12-23-28-30-31-29-23)13-21(22)27-24(33)26-20-9-7-19(25)8-10-20/h5,7-11,13,16-17H,6,12,14-15H2,1-4H3,(H2,26,27,33)(H,28,29,30,31). The number of rotatable bonds is 10. The van der Waals surface area contributed by atoms with Crippen molar-refractivity contribution < 1.29 is 9.18 Å². The van der Waals surface area contributed by atoms with Crippen molar-refractivity contribution in [2.45, 2.75) is 40.5 Å². The monoisotopic (exact) mass is 453 g/mol. The lowest BCUT2D eigenvalue weighted by Crippen LogP contribution is -2.32. The van der Waals surface area contributed by atoms with E-state index in [1.807, 2.05) is 6.07 Å². The first-order valence-electron chi connectivity index (χ1n) is 11.2. The Morgan fingerprint density at radius 2 is 1.70 bits per heavy atom. The zero-order valence-electron chi connectivity index (χ0n) is 19.6. The highest BCUT2D eigenvalue weighted by Gasteiger charge is 2.17. The van der Waals surface area contributed by atoms with Gasteiger partial charge in [0.2, 0.25) is 0 Å². The van der Waals surface area contributed by atoms with Crippen molar-refractivity contribution >= 4 is 23.1 Å². The summed E-state index contributed by atoms with van der Waals surface area (Å²) < 4.78 is 13.2. The lowest BCUT2D eigenvalue weighted by molar-refractivity contribution is 0.262. The molecule has 0 spiro atoms. The van der Waals surface area contributed by atoms with E-state index in [0.717, 1.165) is 36.4 Å². The smallest absolute Gasteiger partial charge is 0.323 e. The summed E-state index contributed by atoms with van der Waals surface area (Å²) in [6, 6.07) is 11.4. The number of anilines is 3. The van der Waals surface area contributed by atoms with Gasteiger partial charge in [0.05, 0.1) is 11.4 Å². The molecule has 0 fully saturated rings. The molecule has 2 aromatic carbocycles. The van der Waals surface area contributed by atoms with E-state index in [0.29, 0.717) is 29.8 Å². The number of H-pyrrole nitrogens is 1. The first-order valence-corrected chi connectivity index (χ1v) is 11.2. The van der Waals surface area contributed by atoms with Gasteiger partial charge in [-0.1, -0.05) is 33.8 Å². The Morgan fingerprint density at radius 1 is 1.00 bits per heavy atom. The van der Waals surface area contributed by atoms with Gasteiger partial charge in [-0.3, -0.25) is 0 Å². The largest absolute Gasteiger partial charge is 0.369 e. The number of urea groups is 1. The quantitative estimate of drug-likeness (QED) is 0.406. The Morgan fingerprint density at radius 3 is 2.30 bits per heavy atom. The van der Waals surface area contributed by atoms with Crippen molar-refractivity contribution in [1.82, 2.24) is 20.6 Å². The summed E-state index contributed by atoms with van der Waals surface area (Å²) in [4.78, 5) is 15.1. The predicted molar refractivity (Wildman–Crippen MR) is 129 cm³/mol. The molecular weight excluding hydrogens is 421 g/mol. The number of nitrogens with one attached hydrogen (secondary N) is 3. The number of amides is 2. The van der Waals surface area contributed by atoms with Crippen molar-refractivity contribution in [2.24, 2.45) is 11.8 Å². The molecule has 0 saturated carbocycles. The summed E-state index contributed by atoms with van der Waals surface area (Å²) in [5, 5.41) is 19.7. The lowest BCUT2D eigenvalue weighted by Gasteiger charge is -2.30. The average Bonchev–Trinajstić information content (AvgIpc) is 3.26. The number of tetrazole rings is 1. The van der Waals surface area contributed by atoms with E-state index >= 15 is 0 Å². The van der Waals surface area contributed by atoms with Crippen LogP contribution < -0.4 is 15.5 Å². The van der Waals surface area contributed by atoms with Crippen LogP contribution in [0.25, 0.3) is 0 Å². The molecule has 0 aliphatic carbocycles. The molecule has 2 amide bonds. The van der Waals surface area contributed by atoms with Crippen molar-refractivity contribution in [2.75, 3.05) is 28.6 Å². The molecule has 1 aromatic heterocycles. The zero-order chi connectivity index (χ0) is 23.8. The summed E-state index contributed by atoms with van der Waals surface area (Å²) in [6.07, 6.45) is 1.38. The van der Waals surface area contributed by atoms with Crippen LogP contribution in [0.15, 0.2) is 42.5 Å². The minimum atomic E-state index is -0.381. The molecule has 3 aromatic rings. The number of hydrogen-bond donors (Lipinski definition) is 3. The first-order chi connectivity index (χ1) is 15.8. The molecule has 0 radical (unpaired) electrons. The van der Waals surface area contributed by atoms with E-state index in [1.54, 1.807) is 0 Å². The number of halogens is 1. The van der Waals surface area contributed by atoms with Gasteiger partial charge >= 0.3 is 6.03 Å². The van der Waals surface area contributed by atoms with Crippen LogP contribution in [0.1, 0.15) is 39.1 Å². The van der Waals surface area contributed by atoms with Crippen molar-refractivity contribution in [3.63, 3.8) is 0 Å². The summed E-state index contributed by atoms with van der Waals surface area (Å²) in [6.45, 7) is 10.5. The van der Waals surface area contributed by atoms with Crippen molar-refractivity contribution in [3.05, 3.63) is 59.7 Å². The van der Waals surface area contributed by atoms with E-state index in [4.69, 9.17) is 0 Å². The number of carbonyl (C=O) groups excluding carboxylic acids is 1. The maximum absolute atomic E-state index is 13.2. The van der Waals surface area contributed by atoms with E-state index < -0.39 is 0 Å². The summed E-state index contributed by atoms with van der Waals surface area (Å²) >= 11 is 0. The van der Waals surface area contributed by atoms with Gasteiger partial charge < -0.3 is 15.5 Å². The van der Waals surface area contributed by atoms with Crippen molar-refractivity contribution in [3.8, 4) is 0 Å². The van der Waals surface area contributed by atoms with Gasteiger partial charge in [0, 0.05) is 25.2 Å². The highest BCUT2D eigenvalue weighted by atomic mass is 19.1. The molecule has 33 heavy (non-hydrogen) atoms. The van der Waals surface area contributed by atoms with Gasteiger partial charge in [-0.15, -0.1) is 5.10 Å². The number of hydrogen-bond acceptors (Lipinski definition) is 5. The van der Waals surface area contributed by atoms with Gasteiger partial charge in [-0.05, 0) is 70.6 Å². The minimum Gasteiger partial charge on any atom is -0.369 e. The Bertz CT molecular complexity index is 1010. The van der Waals surface area contributed by atoms with Crippen LogP contribution in [-0.4, -0.2) is 39.7 Å². The Labute approximate surface area is 194 Å². The van der Waals surface area contributed by atoms with Crippen LogP contribution >= 0.6 is 0 Å². The number of carbonyl (C=O) groups is 1. The predicted octanol–water partition coefficient (Wildman–Crippen LogP) is 4.89. The number of benzene rings is 2. The average molecular weight is 454 g/mol. The summed E-state index contributed by atoms with van der Waals surface area (Å²) in [7, 11) is 0. The molecule has 8 nitrogen and oxygen atoms in total. The molecule has 176 valence electrons. The molecule has 0 unspecified atom stereocenters. The van der Waals surface area contributed by atoms with Crippen LogP contribution in [0.5, 0.6) is 0 Å². The van der Waals surface area contributed by atoms with E-state index in [9.17, 15) is 9.18 Å². The molecule has 0 atom stereocenters. The van der Waals surface area contributed by atoms with Gasteiger partial charge in [0.25, 0.3) is 0 Å². The lowest BCUT2D eigenvalue weighted by atomic mass is 10.0. The minimum absolute atomic E-state index is 0.351. The maximum Gasteiger partial charge on any atom is 0.323 e. The third-order valence-corrected chi connectivity index (χ3v) is 4.96. The molecule has 3 N–H and O–H groups in total. The molecular formula is C24H32FN7O. The van der Waals surface area contributed by atoms with Gasteiger partial charge in [0.1, 0.15) is 11.6 Å². The fourth-order valence-corrected chi connectivity index (χ4v) is 3.63. The van der Waals surface area contributed by atoms with Crippen LogP contribution in [0.4, 0.5) is 26.2 Å². The number of aromatic amines is 1. The number of nitrogens with zero attached hydrogens (tertiary/aromatic N) is 4. The third-order valence-electron chi connectivity index (χ3n) is 4.96. The second kappa shape index (κ2) is 11.4. The maximum atomic E-state index is 13.2. The van der Waals surface area contributed by atoms with Gasteiger partial charge in [-0.2, -0.15) is 0 Å². The molecule has 0 aliphatic heterocycles. The highest BCUT2D eigenvalue weighted by Crippen LogP contribution is 2.30. The van der Waals surface area contributed by atoms with Crippen LogP contribution in [0.2, 0.25) is 0 Å². The summed E-state index contributed by atoms with van der Waals surface area (Å²) in [5.74, 6) is 1.28. The fourth-order valence-electron chi connectivity index (χ4n) is 3.63. The van der Waals surface area contributed by atoms with Crippen molar-refractivity contribution in [1.29, 1.82) is 0 Å². The van der Waals surface area contributed by atoms with E-state index in [-0.39, 0.29) is 11.8 Å². The highest BCUT2D eigenvalue weighted by molar-refractivity contribution is 6.02. The first kappa shape index (κ1) is 24.2. The third kappa shape index (κ3) is 7.55.